The zero-order valence-corrected chi connectivity index (χ0v) is 18.8. The number of carbonyl (C=O) groups excluding carboxylic acids is 2. The van der Waals surface area contributed by atoms with E-state index in [0.29, 0.717) is 22.2 Å². The molecule has 6 heteroatoms. The molecular formula is C27H15BrN2O3. The lowest BCUT2D eigenvalue weighted by Gasteiger charge is -2.07. The molecule has 4 aromatic carbocycles. The molecule has 5 nitrogen and oxygen atoms in total. The van der Waals surface area contributed by atoms with Gasteiger partial charge in [-0.15, -0.1) is 0 Å². The van der Waals surface area contributed by atoms with Gasteiger partial charge < -0.3 is 4.74 Å². The molecule has 1 heterocycles. The van der Waals surface area contributed by atoms with Crippen LogP contribution in [-0.4, -0.2) is 28.3 Å². The van der Waals surface area contributed by atoms with Crippen LogP contribution in [0.3, 0.4) is 0 Å². The number of Topliss-reactive ketones (excluding diaryl/α,β-unsaturated/α-hetero) is 1. The van der Waals surface area contributed by atoms with E-state index in [0.717, 1.165) is 37.8 Å². The molecule has 0 saturated heterocycles. The zero-order valence-electron chi connectivity index (χ0n) is 17.2. The van der Waals surface area contributed by atoms with Crippen molar-refractivity contribution in [2.45, 2.75) is 0 Å². The van der Waals surface area contributed by atoms with E-state index >= 15 is 0 Å². The number of fused-ring (bicyclic) bond motifs is 4. The van der Waals surface area contributed by atoms with Crippen molar-refractivity contribution in [2.75, 3.05) is 6.61 Å². The highest BCUT2D eigenvalue weighted by Gasteiger charge is 2.24. The van der Waals surface area contributed by atoms with Crippen molar-refractivity contribution in [2.24, 2.45) is 0 Å². The Hall–Kier alpha value is -3.90. The van der Waals surface area contributed by atoms with Crippen LogP contribution in [0.2, 0.25) is 0 Å². The molecule has 0 amide bonds. The van der Waals surface area contributed by atoms with Gasteiger partial charge in [0.15, 0.2) is 12.4 Å². The minimum Gasteiger partial charge on any atom is -0.454 e. The van der Waals surface area contributed by atoms with Crippen molar-refractivity contribution in [1.82, 2.24) is 9.97 Å². The molecule has 1 aliphatic carbocycles. The van der Waals surface area contributed by atoms with E-state index < -0.39 is 5.97 Å². The Morgan fingerprint density at radius 3 is 2.09 bits per heavy atom. The lowest BCUT2D eigenvalue weighted by molar-refractivity contribution is 0.0475. The molecule has 1 aliphatic rings. The number of rotatable bonds is 4. The van der Waals surface area contributed by atoms with E-state index in [2.05, 4.69) is 34.1 Å². The average Bonchev–Trinajstić information content (AvgIpc) is 3.16. The SMILES string of the molecule is O=C(COC(=O)c1ccc2nc3c(nc2c1)-c1cccc2cccc-3c12)c1ccc(Br)cc1. The summed E-state index contributed by atoms with van der Waals surface area (Å²) >= 11 is 3.33. The highest BCUT2D eigenvalue weighted by Crippen LogP contribution is 2.45. The molecule has 0 atom stereocenters. The number of benzene rings is 4. The van der Waals surface area contributed by atoms with Gasteiger partial charge in [-0.1, -0.05) is 64.5 Å². The third-order valence-corrected chi connectivity index (χ3v) is 6.34. The highest BCUT2D eigenvalue weighted by molar-refractivity contribution is 9.10. The van der Waals surface area contributed by atoms with Gasteiger partial charge in [0.2, 0.25) is 0 Å². The first kappa shape index (κ1) is 19.8. The van der Waals surface area contributed by atoms with Gasteiger partial charge in [0.05, 0.1) is 28.0 Å². The van der Waals surface area contributed by atoms with Gasteiger partial charge in [0.25, 0.3) is 0 Å². The van der Waals surface area contributed by atoms with E-state index in [1.807, 2.05) is 18.2 Å². The normalized spacial score (nSPS) is 11.5. The summed E-state index contributed by atoms with van der Waals surface area (Å²) < 4.78 is 6.14. The summed E-state index contributed by atoms with van der Waals surface area (Å²) in [6.07, 6.45) is 0. The minimum absolute atomic E-state index is 0.264. The number of hydrogen-bond donors (Lipinski definition) is 0. The monoisotopic (exact) mass is 494 g/mol. The molecule has 0 radical (unpaired) electrons. The van der Waals surface area contributed by atoms with E-state index in [9.17, 15) is 9.59 Å². The van der Waals surface area contributed by atoms with Crippen molar-refractivity contribution >= 4 is 49.5 Å². The van der Waals surface area contributed by atoms with Crippen LogP contribution in [0.15, 0.2) is 83.3 Å². The first-order valence-electron chi connectivity index (χ1n) is 10.4. The lowest BCUT2D eigenvalue weighted by Crippen LogP contribution is -2.14. The Morgan fingerprint density at radius 2 is 1.39 bits per heavy atom. The van der Waals surface area contributed by atoms with Gasteiger partial charge in [-0.3, -0.25) is 4.79 Å². The number of carbonyl (C=O) groups is 2. The van der Waals surface area contributed by atoms with Crippen molar-refractivity contribution in [3.8, 4) is 22.5 Å². The van der Waals surface area contributed by atoms with Crippen LogP contribution < -0.4 is 0 Å². The topological polar surface area (TPSA) is 69.2 Å². The van der Waals surface area contributed by atoms with E-state index in [4.69, 9.17) is 14.7 Å². The quantitative estimate of drug-likeness (QED) is 0.214. The molecule has 0 N–H and O–H groups in total. The summed E-state index contributed by atoms with van der Waals surface area (Å²) in [6, 6.07) is 24.3. The highest BCUT2D eigenvalue weighted by atomic mass is 79.9. The van der Waals surface area contributed by atoms with Crippen molar-refractivity contribution in [1.29, 1.82) is 0 Å². The third kappa shape index (κ3) is 3.31. The average molecular weight is 495 g/mol. The second-order valence-corrected chi connectivity index (χ2v) is 8.76. The number of ketones is 1. The van der Waals surface area contributed by atoms with Crippen LogP contribution >= 0.6 is 15.9 Å². The largest absolute Gasteiger partial charge is 0.454 e. The van der Waals surface area contributed by atoms with Gasteiger partial charge in [-0.25, -0.2) is 14.8 Å². The number of esters is 1. The summed E-state index contributed by atoms with van der Waals surface area (Å²) in [7, 11) is 0. The molecule has 1 aromatic heterocycles. The maximum atomic E-state index is 12.6. The second-order valence-electron chi connectivity index (χ2n) is 7.84. The predicted octanol–water partition coefficient (Wildman–Crippen LogP) is 6.23. The van der Waals surface area contributed by atoms with Crippen LogP contribution in [0.5, 0.6) is 0 Å². The fourth-order valence-corrected chi connectivity index (χ4v) is 4.49. The molecular weight excluding hydrogens is 480 g/mol. The van der Waals surface area contributed by atoms with Crippen LogP contribution in [0.4, 0.5) is 0 Å². The summed E-state index contributed by atoms with van der Waals surface area (Å²) in [5, 5.41) is 2.30. The molecule has 0 bridgehead atoms. The molecule has 158 valence electrons. The fraction of sp³-hybridized carbons (Fsp3) is 0.0370. The number of hydrogen-bond acceptors (Lipinski definition) is 5. The van der Waals surface area contributed by atoms with Gasteiger partial charge in [0, 0.05) is 26.5 Å². The van der Waals surface area contributed by atoms with E-state index in [1.54, 1.807) is 42.5 Å². The Bertz CT molecular complexity index is 1610. The Morgan fingerprint density at radius 1 is 0.758 bits per heavy atom. The van der Waals surface area contributed by atoms with Crippen LogP contribution in [0.25, 0.3) is 44.3 Å². The number of nitrogens with zero attached hydrogens (tertiary/aromatic N) is 2. The molecule has 0 aliphatic heterocycles. The predicted molar refractivity (Wildman–Crippen MR) is 130 cm³/mol. The summed E-state index contributed by atoms with van der Waals surface area (Å²) in [6.45, 7) is -0.328. The third-order valence-electron chi connectivity index (χ3n) is 5.82. The first-order valence-corrected chi connectivity index (χ1v) is 11.2. The molecule has 6 rings (SSSR count). The Kier molecular flexibility index (Phi) is 4.55. The Balaban J connectivity index is 1.30. The van der Waals surface area contributed by atoms with E-state index in [-0.39, 0.29) is 12.4 Å². The molecule has 0 unspecified atom stereocenters. The molecule has 0 saturated carbocycles. The van der Waals surface area contributed by atoms with Crippen molar-refractivity contribution in [3.63, 3.8) is 0 Å². The van der Waals surface area contributed by atoms with Crippen molar-refractivity contribution in [3.05, 3.63) is 94.5 Å². The maximum absolute atomic E-state index is 12.6. The molecule has 33 heavy (non-hydrogen) atoms. The Labute approximate surface area is 197 Å². The fourth-order valence-electron chi connectivity index (χ4n) is 4.23. The van der Waals surface area contributed by atoms with Gasteiger partial charge >= 0.3 is 5.97 Å². The molecule has 0 spiro atoms. The maximum Gasteiger partial charge on any atom is 0.338 e. The molecule has 0 fully saturated rings. The number of ether oxygens (including phenoxy) is 1. The van der Waals surface area contributed by atoms with Gasteiger partial charge in [0.1, 0.15) is 0 Å². The lowest BCUT2D eigenvalue weighted by atomic mass is 10.0. The van der Waals surface area contributed by atoms with Crippen LogP contribution in [0, 0.1) is 0 Å². The number of aromatic nitrogens is 2. The smallest absolute Gasteiger partial charge is 0.338 e. The summed E-state index contributed by atoms with van der Waals surface area (Å²) in [5.74, 6) is -0.838. The summed E-state index contributed by atoms with van der Waals surface area (Å²) in [4.78, 5) is 34.6. The van der Waals surface area contributed by atoms with E-state index in [1.165, 1.54) is 0 Å². The van der Waals surface area contributed by atoms with Crippen LogP contribution in [0.1, 0.15) is 20.7 Å². The standard InChI is InChI=1S/C27H15BrN2O3/c28-18-10-7-15(8-11-18)23(31)14-33-27(32)17-9-12-21-22(13-17)30-26-20-6-2-4-16-3-1-5-19(24(16)20)25(26)29-21/h1-13H,14H2. The second kappa shape index (κ2) is 7.60. The van der Waals surface area contributed by atoms with Gasteiger partial charge in [-0.2, -0.15) is 0 Å². The zero-order chi connectivity index (χ0) is 22.5. The van der Waals surface area contributed by atoms with Crippen molar-refractivity contribution < 1.29 is 14.3 Å². The summed E-state index contributed by atoms with van der Waals surface area (Å²) in [5.41, 5.74) is 5.89. The minimum atomic E-state index is -0.574. The van der Waals surface area contributed by atoms with Gasteiger partial charge in [-0.05, 0) is 35.7 Å². The first-order chi connectivity index (χ1) is 16.1. The molecule has 5 aromatic rings. The number of halogens is 1. The van der Waals surface area contributed by atoms with Crippen LogP contribution in [-0.2, 0) is 4.74 Å².